The van der Waals surface area contributed by atoms with Crippen LogP contribution in [0.15, 0.2) is 12.4 Å². The molecule has 2 rings (SSSR count). The summed E-state index contributed by atoms with van der Waals surface area (Å²) < 4.78 is 13.7. The first kappa shape index (κ1) is 14.8. The van der Waals surface area contributed by atoms with E-state index >= 15 is 0 Å². The van der Waals surface area contributed by atoms with Crippen LogP contribution in [0.5, 0.6) is 0 Å². The first-order chi connectivity index (χ1) is 8.77. The van der Waals surface area contributed by atoms with Gasteiger partial charge in [0.05, 0.1) is 23.7 Å². The second-order valence-corrected chi connectivity index (χ2v) is 7.08. The molecule has 1 aliphatic heterocycles. The minimum atomic E-state index is -0.399. The third-order valence-electron chi connectivity index (χ3n) is 3.69. The Labute approximate surface area is 127 Å². The van der Waals surface area contributed by atoms with E-state index in [0.29, 0.717) is 6.42 Å². The number of rotatable bonds is 3. The number of alkyl halides is 1. The van der Waals surface area contributed by atoms with Crippen LogP contribution in [0.25, 0.3) is 0 Å². The molecule has 0 N–H and O–H groups in total. The maximum Gasteiger partial charge on any atom is 0.498 e. The zero-order valence-corrected chi connectivity index (χ0v) is 13.7. The van der Waals surface area contributed by atoms with Gasteiger partial charge in [-0.1, -0.05) is 22.6 Å². The van der Waals surface area contributed by atoms with Crippen LogP contribution in [0.4, 0.5) is 0 Å². The van der Waals surface area contributed by atoms with Gasteiger partial charge in [-0.2, -0.15) is 10.4 Å². The first-order valence-corrected chi connectivity index (χ1v) is 7.42. The molecule has 1 fully saturated rings. The molecule has 102 valence electrons. The van der Waals surface area contributed by atoms with Crippen LogP contribution in [0, 0.1) is 11.3 Å². The summed E-state index contributed by atoms with van der Waals surface area (Å²) in [5, 5.41) is 13.0. The van der Waals surface area contributed by atoms with E-state index in [2.05, 4.69) is 33.8 Å². The summed E-state index contributed by atoms with van der Waals surface area (Å²) in [6.07, 6.45) is 4.05. The molecule has 0 bridgehead atoms. The number of halogens is 1. The second-order valence-electron chi connectivity index (χ2n) is 5.64. The van der Waals surface area contributed by atoms with Crippen molar-refractivity contribution in [2.45, 2.75) is 49.4 Å². The third-order valence-corrected chi connectivity index (χ3v) is 4.70. The summed E-state index contributed by atoms with van der Waals surface area (Å²) in [5.41, 5.74) is 0.185. The Kier molecular flexibility index (Phi) is 3.96. The lowest BCUT2D eigenvalue weighted by Gasteiger charge is -2.32. The lowest BCUT2D eigenvalue weighted by atomic mass is 9.82. The molecule has 0 spiro atoms. The molecular formula is C12H17BIN3O2. The van der Waals surface area contributed by atoms with Crippen LogP contribution in [0.1, 0.15) is 38.2 Å². The average molecular weight is 373 g/mol. The maximum absolute atomic E-state index is 8.71. The molecule has 0 aromatic carbocycles. The summed E-state index contributed by atoms with van der Waals surface area (Å²) in [6.45, 7) is 8.09. The number of hydrogen-bond donors (Lipinski definition) is 0. The lowest BCUT2D eigenvalue weighted by molar-refractivity contribution is 0.00578. The van der Waals surface area contributed by atoms with Crippen molar-refractivity contribution in [1.29, 1.82) is 5.26 Å². The van der Waals surface area contributed by atoms with Gasteiger partial charge in [0.15, 0.2) is 0 Å². The van der Waals surface area contributed by atoms with E-state index in [1.165, 1.54) is 0 Å². The van der Waals surface area contributed by atoms with E-state index in [9.17, 15) is 0 Å². The highest BCUT2D eigenvalue weighted by Crippen LogP contribution is 2.36. The predicted molar refractivity (Wildman–Crippen MR) is 81.2 cm³/mol. The Morgan fingerprint density at radius 3 is 2.53 bits per heavy atom. The molecule has 1 unspecified atom stereocenters. The zero-order valence-electron chi connectivity index (χ0n) is 11.6. The molecule has 1 aromatic heterocycles. The van der Waals surface area contributed by atoms with Crippen molar-refractivity contribution in [2.24, 2.45) is 0 Å². The number of hydrogen-bond acceptors (Lipinski definition) is 4. The molecule has 0 radical (unpaired) electrons. The molecule has 1 atom stereocenters. The molecule has 0 saturated carbocycles. The van der Waals surface area contributed by atoms with Crippen LogP contribution < -0.4 is 5.46 Å². The van der Waals surface area contributed by atoms with Crippen LogP contribution in [0.3, 0.4) is 0 Å². The van der Waals surface area contributed by atoms with Crippen molar-refractivity contribution in [1.82, 2.24) is 9.78 Å². The van der Waals surface area contributed by atoms with E-state index in [1.807, 2.05) is 33.9 Å². The molecule has 7 heteroatoms. The Bertz CT molecular complexity index is 493. The number of aromatic nitrogens is 2. The largest absolute Gasteiger partial charge is 0.498 e. The quantitative estimate of drug-likeness (QED) is 0.462. The van der Waals surface area contributed by atoms with Crippen molar-refractivity contribution >= 4 is 35.2 Å². The van der Waals surface area contributed by atoms with Crippen LogP contribution >= 0.6 is 22.6 Å². The van der Waals surface area contributed by atoms with E-state index < -0.39 is 7.12 Å². The Morgan fingerprint density at radius 2 is 2.00 bits per heavy atom. The number of nitriles is 1. The monoisotopic (exact) mass is 373 g/mol. The fourth-order valence-corrected chi connectivity index (χ4v) is 2.28. The molecule has 2 heterocycles. The van der Waals surface area contributed by atoms with Gasteiger partial charge in [0, 0.05) is 17.9 Å². The van der Waals surface area contributed by atoms with Crippen molar-refractivity contribution < 1.29 is 9.31 Å². The van der Waals surface area contributed by atoms with Crippen LogP contribution in [0.2, 0.25) is 0 Å². The summed E-state index contributed by atoms with van der Waals surface area (Å²) in [7, 11) is -0.399. The SMILES string of the molecule is CC1(C)OB(c2cnn(C(I)CC#N)c2)OC1(C)C. The van der Waals surface area contributed by atoms with Gasteiger partial charge in [0.25, 0.3) is 0 Å². The molecule has 5 nitrogen and oxygen atoms in total. The minimum absolute atomic E-state index is 0.0266. The minimum Gasteiger partial charge on any atom is -0.399 e. The Hall–Kier alpha value is -0.585. The normalized spacial score (nSPS) is 22.2. The van der Waals surface area contributed by atoms with E-state index in [-0.39, 0.29) is 15.3 Å². The summed E-state index contributed by atoms with van der Waals surface area (Å²) >= 11 is 2.19. The van der Waals surface area contributed by atoms with Crippen molar-refractivity contribution in [3.8, 4) is 6.07 Å². The maximum atomic E-state index is 8.71. The molecule has 1 aromatic rings. The standard InChI is InChI=1S/C12H17BIN3O2/c1-11(2)12(3,4)19-13(18-11)9-7-16-17(8-9)10(14)5-6-15/h7-8,10H,5H2,1-4H3. The summed E-state index contributed by atoms with van der Waals surface area (Å²) in [5.74, 6) is 0. The van der Waals surface area contributed by atoms with Gasteiger partial charge in [0.1, 0.15) is 4.05 Å². The molecule has 0 aliphatic carbocycles. The Morgan fingerprint density at radius 1 is 1.42 bits per heavy atom. The first-order valence-electron chi connectivity index (χ1n) is 6.17. The third kappa shape index (κ3) is 2.80. The predicted octanol–water partition coefficient (Wildman–Crippen LogP) is 2.03. The molecule has 19 heavy (non-hydrogen) atoms. The average Bonchev–Trinajstić information content (AvgIpc) is 2.83. The molecular weight excluding hydrogens is 356 g/mol. The summed E-state index contributed by atoms with van der Waals surface area (Å²) in [6, 6.07) is 2.14. The highest BCUT2D eigenvalue weighted by molar-refractivity contribution is 14.1. The van der Waals surface area contributed by atoms with E-state index in [1.54, 1.807) is 10.9 Å². The van der Waals surface area contributed by atoms with E-state index in [0.717, 1.165) is 5.46 Å². The number of nitrogens with zero attached hydrogens (tertiary/aromatic N) is 3. The lowest BCUT2D eigenvalue weighted by Crippen LogP contribution is -2.41. The van der Waals surface area contributed by atoms with Crippen molar-refractivity contribution in [3.05, 3.63) is 12.4 Å². The highest BCUT2D eigenvalue weighted by atomic mass is 127. The van der Waals surface area contributed by atoms with Gasteiger partial charge in [-0.25, -0.2) is 0 Å². The van der Waals surface area contributed by atoms with Gasteiger partial charge in [-0.3, -0.25) is 4.68 Å². The second kappa shape index (κ2) is 5.07. The molecule has 0 amide bonds. The van der Waals surface area contributed by atoms with Gasteiger partial charge in [0.2, 0.25) is 0 Å². The summed E-state index contributed by atoms with van der Waals surface area (Å²) in [4.78, 5) is 0. The zero-order chi connectivity index (χ0) is 14.3. The smallest absolute Gasteiger partial charge is 0.399 e. The van der Waals surface area contributed by atoms with Crippen LogP contribution in [-0.4, -0.2) is 28.1 Å². The van der Waals surface area contributed by atoms with Crippen LogP contribution in [-0.2, 0) is 9.31 Å². The topological polar surface area (TPSA) is 60.1 Å². The van der Waals surface area contributed by atoms with Gasteiger partial charge < -0.3 is 9.31 Å². The fourth-order valence-electron chi connectivity index (χ4n) is 1.78. The Balaban J connectivity index is 2.15. The van der Waals surface area contributed by atoms with Crippen molar-refractivity contribution in [2.75, 3.05) is 0 Å². The van der Waals surface area contributed by atoms with Crippen molar-refractivity contribution in [3.63, 3.8) is 0 Å². The van der Waals surface area contributed by atoms with Gasteiger partial charge in [-0.05, 0) is 27.7 Å². The molecule has 1 aliphatic rings. The van der Waals surface area contributed by atoms with Gasteiger partial charge >= 0.3 is 7.12 Å². The molecule has 1 saturated heterocycles. The highest BCUT2D eigenvalue weighted by Gasteiger charge is 2.52. The fraction of sp³-hybridized carbons (Fsp3) is 0.667. The van der Waals surface area contributed by atoms with Gasteiger partial charge in [-0.15, -0.1) is 0 Å². The van der Waals surface area contributed by atoms with E-state index in [4.69, 9.17) is 14.6 Å².